The number of carbonyl (C=O) groups excluding carboxylic acids is 2. The first-order valence-corrected chi connectivity index (χ1v) is 9.85. The second-order valence-corrected chi connectivity index (χ2v) is 7.17. The molecular weight excluding hydrogens is 392 g/mol. The molecule has 0 spiro atoms. The van der Waals surface area contributed by atoms with Crippen LogP contribution in [0.2, 0.25) is 0 Å². The third-order valence-corrected chi connectivity index (χ3v) is 4.98. The summed E-state index contributed by atoms with van der Waals surface area (Å²) in [7, 11) is 0. The van der Waals surface area contributed by atoms with Crippen LogP contribution in [-0.4, -0.2) is 36.5 Å². The van der Waals surface area contributed by atoms with Crippen molar-refractivity contribution in [1.82, 2.24) is 4.98 Å². The quantitative estimate of drug-likeness (QED) is 0.622. The number of amides is 1. The Morgan fingerprint density at radius 2 is 1.86 bits per heavy atom. The lowest BCUT2D eigenvalue weighted by Gasteiger charge is -2.18. The zero-order valence-corrected chi connectivity index (χ0v) is 16.5. The molecule has 0 atom stereocenters. The standard InChI is InChI=1S/C21H18N2O5S/c1-13(24)14-2-5-16(6-3-14)28-11-20(25)23-21-22-17(12-29-21)15-4-7-18-19(10-15)27-9-8-26-18/h2-7,10,12H,8-9,11H2,1H3,(H,22,23,25). The molecule has 0 fully saturated rings. The SMILES string of the molecule is CC(=O)c1ccc(OCC(=O)Nc2nc(-c3ccc4c(c3)OCCO4)cs2)cc1. The molecule has 0 unspecified atom stereocenters. The van der Waals surface area contributed by atoms with Crippen molar-refractivity contribution in [2.75, 3.05) is 25.1 Å². The highest BCUT2D eigenvalue weighted by Gasteiger charge is 2.14. The highest BCUT2D eigenvalue weighted by atomic mass is 32.1. The molecule has 1 aliphatic heterocycles. The number of Topliss-reactive ketones (excluding diaryl/α,β-unsaturated/α-hetero) is 1. The fourth-order valence-electron chi connectivity index (χ4n) is 2.76. The molecule has 0 radical (unpaired) electrons. The average Bonchev–Trinajstić information content (AvgIpc) is 3.20. The molecule has 7 nitrogen and oxygen atoms in total. The van der Waals surface area contributed by atoms with Crippen LogP contribution >= 0.6 is 11.3 Å². The summed E-state index contributed by atoms with van der Waals surface area (Å²) in [4.78, 5) is 27.9. The van der Waals surface area contributed by atoms with E-state index in [1.54, 1.807) is 24.3 Å². The molecule has 1 aliphatic rings. The molecule has 0 bridgehead atoms. The van der Waals surface area contributed by atoms with E-state index in [2.05, 4.69) is 10.3 Å². The van der Waals surface area contributed by atoms with Crippen molar-refractivity contribution >= 4 is 28.2 Å². The van der Waals surface area contributed by atoms with Gasteiger partial charge in [0, 0.05) is 16.5 Å². The van der Waals surface area contributed by atoms with Crippen LogP contribution in [0.15, 0.2) is 47.8 Å². The third-order valence-electron chi connectivity index (χ3n) is 4.22. The fourth-order valence-corrected chi connectivity index (χ4v) is 3.49. The largest absolute Gasteiger partial charge is 0.486 e. The lowest BCUT2D eigenvalue weighted by Crippen LogP contribution is -2.20. The number of benzene rings is 2. The Kier molecular flexibility index (Phi) is 5.44. The Bertz CT molecular complexity index is 1050. The third kappa shape index (κ3) is 4.55. The van der Waals surface area contributed by atoms with E-state index in [1.165, 1.54) is 18.3 Å². The van der Waals surface area contributed by atoms with Crippen LogP contribution < -0.4 is 19.5 Å². The van der Waals surface area contributed by atoms with E-state index in [0.29, 0.717) is 35.4 Å². The number of rotatable bonds is 6. The van der Waals surface area contributed by atoms with E-state index >= 15 is 0 Å². The molecule has 29 heavy (non-hydrogen) atoms. The average molecular weight is 410 g/mol. The number of carbonyl (C=O) groups is 2. The molecule has 1 aromatic heterocycles. The number of thiazole rings is 1. The van der Waals surface area contributed by atoms with Crippen LogP contribution in [0.4, 0.5) is 5.13 Å². The summed E-state index contributed by atoms with van der Waals surface area (Å²) in [5, 5.41) is 5.07. The van der Waals surface area contributed by atoms with Gasteiger partial charge in [-0.3, -0.25) is 14.9 Å². The van der Waals surface area contributed by atoms with Crippen molar-refractivity contribution in [1.29, 1.82) is 0 Å². The lowest BCUT2D eigenvalue weighted by molar-refractivity contribution is -0.118. The zero-order chi connectivity index (χ0) is 20.2. The predicted octanol–water partition coefficient (Wildman–Crippen LogP) is 3.80. The summed E-state index contributed by atoms with van der Waals surface area (Å²) >= 11 is 1.33. The highest BCUT2D eigenvalue weighted by molar-refractivity contribution is 7.14. The minimum absolute atomic E-state index is 0.0214. The van der Waals surface area contributed by atoms with Gasteiger partial charge < -0.3 is 14.2 Å². The first kappa shape index (κ1) is 18.9. The number of fused-ring (bicyclic) bond motifs is 1. The van der Waals surface area contributed by atoms with Crippen LogP contribution in [0.5, 0.6) is 17.2 Å². The number of nitrogens with zero attached hydrogens (tertiary/aromatic N) is 1. The minimum atomic E-state index is -0.316. The topological polar surface area (TPSA) is 86.8 Å². The Morgan fingerprint density at radius 1 is 1.10 bits per heavy atom. The molecule has 1 N–H and O–H groups in total. The van der Waals surface area contributed by atoms with Gasteiger partial charge in [0.05, 0.1) is 5.69 Å². The molecule has 2 aromatic carbocycles. The van der Waals surface area contributed by atoms with Gasteiger partial charge in [-0.1, -0.05) is 0 Å². The second kappa shape index (κ2) is 8.32. The van der Waals surface area contributed by atoms with E-state index in [0.717, 1.165) is 17.0 Å². The van der Waals surface area contributed by atoms with Gasteiger partial charge in [0.1, 0.15) is 19.0 Å². The summed E-state index contributed by atoms with van der Waals surface area (Å²) < 4.78 is 16.6. The Morgan fingerprint density at radius 3 is 2.62 bits per heavy atom. The van der Waals surface area contributed by atoms with Crippen molar-refractivity contribution in [3.63, 3.8) is 0 Å². The Labute approximate surface area is 171 Å². The molecular formula is C21H18N2O5S. The number of hydrogen-bond donors (Lipinski definition) is 1. The molecule has 148 valence electrons. The van der Waals surface area contributed by atoms with Crippen molar-refractivity contribution in [3.8, 4) is 28.5 Å². The van der Waals surface area contributed by atoms with Gasteiger partial charge in [-0.2, -0.15) is 0 Å². The predicted molar refractivity (Wildman–Crippen MR) is 109 cm³/mol. The van der Waals surface area contributed by atoms with E-state index in [4.69, 9.17) is 14.2 Å². The highest BCUT2D eigenvalue weighted by Crippen LogP contribution is 2.35. The van der Waals surface area contributed by atoms with Crippen molar-refractivity contribution in [2.45, 2.75) is 6.92 Å². The van der Waals surface area contributed by atoms with Gasteiger partial charge in [0.25, 0.3) is 5.91 Å². The molecule has 3 aromatic rings. The number of ether oxygens (including phenoxy) is 3. The van der Waals surface area contributed by atoms with Crippen molar-refractivity contribution < 1.29 is 23.8 Å². The van der Waals surface area contributed by atoms with Crippen LogP contribution in [0, 0.1) is 0 Å². The van der Waals surface area contributed by atoms with Gasteiger partial charge >= 0.3 is 0 Å². The molecule has 0 aliphatic carbocycles. The number of aromatic nitrogens is 1. The Hall–Kier alpha value is -3.39. The van der Waals surface area contributed by atoms with E-state index in [1.807, 2.05) is 23.6 Å². The maximum Gasteiger partial charge on any atom is 0.264 e. The van der Waals surface area contributed by atoms with Gasteiger partial charge in [-0.15, -0.1) is 11.3 Å². The molecule has 4 rings (SSSR count). The van der Waals surface area contributed by atoms with Crippen molar-refractivity contribution in [2.24, 2.45) is 0 Å². The lowest BCUT2D eigenvalue weighted by atomic mass is 10.1. The van der Waals surface area contributed by atoms with Crippen LogP contribution in [0.1, 0.15) is 17.3 Å². The molecule has 1 amide bonds. The van der Waals surface area contributed by atoms with Crippen LogP contribution in [0.3, 0.4) is 0 Å². The van der Waals surface area contributed by atoms with Crippen molar-refractivity contribution in [3.05, 3.63) is 53.4 Å². The molecule has 0 saturated carbocycles. The molecule has 0 saturated heterocycles. The van der Waals surface area contributed by atoms with Gasteiger partial charge in [0.15, 0.2) is 29.0 Å². The molecule has 8 heteroatoms. The van der Waals surface area contributed by atoms with E-state index in [9.17, 15) is 9.59 Å². The summed E-state index contributed by atoms with van der Waals surface area (Å²) in [6, 6.07) is 12.3. The van der Waals surface area contributed by atoms with Crippen LogP contribution in [0.25, 0.3) is 11.3 Å². The number of nitrogens with one attached hydrogen (secondary N) is 1. The van der Waals surface area contributed by atoms with Gasteiger partial charge in [0.2, 0.25) is 0 Å². The first-order chi connectivity index (χ1) is 14.1. The monoisotopic (exact) mass is 410 g/mol. The number of anilines is 1. The Balaban J connectivity index is 1.35. The van der Waals surface area contributed by atoms with Gasteiger partial charge in [-0.05, 0) is 49.4 Å². The molecule has 2 heterocycles. The smallest absolute Gasteiger partial charge is 0.264 e. The van der Waals surface area contributed by atoms with Crippen LogP contribution in [-0.2, 0) is 4.79 Å². The maximum absolute atomic E-state index is 12.1. The summed E-state index contributed by atoms with van der Waals surface area (Å²) in [5.74, 6) is 1.59. The normalized spacial score (nSPS) is 12.3. The first-order valence-electron chi connectivity index (χ1n) is 8.98. The van der Waals surface area contributed by atoms with E-state index in [-0.39, 0.29) is 18.3 Å². The summed E-state index contributed by atoms with van der Waals surface area (Å²) in [6.07, 6.45) is 0. The maximum atomic E-state index is 12.1. The number of hydrogen-bond acceptors (Lipinski definition) is 7. The summed E-state index contributed by atoms with van der Waals surface area (Å²) in [6.45, 7) is 2.41. The minimum Gasteiger partial charge on any atom is -0.486 e. The summed E-state index contributed by atoms with van der Waals surface area (Å²) in [5.41, 5.74) is 2.21. The fraction of sp³-hybridized carbons (Fsp3) is 0.190. The number of ketones is 1. The van der Waals surface area contributed by atoms with Gasteiger partial charge in [-0.25, -0.2) is 4.98 Å². The van der Waals surface area contributed by atoms with E-state index < -0.39 is 0 Å². The zero-order valence-electron chi connectivity index (χ0n) is 15.6. The second-order valence-electron chi connectivity index (χ2n) is 6.31.